The lowest BCUT2D eigenvalue weighted by Crippen LogP contribution is -2.47. The Hall–Kier alpha value is 0.270. The lowest BCUT2D eigenvalue weighted by atomic mass is 9.97. The first-order valence-corrected chi connectivity index (χ1v) is 7.99. The molecular formula is C13H26N2S. The number of likely N-dealkylation sites (tertiary alicyclic amines) is 1. The van der Waals surface area contributed by atoms with Crippen LogP contribution in [-0.2, 0) is 0 Å². The van der Waals surface area contributed by atoms with Crippen LogP contribution in [0.15, 0.2) is 0 Å². The molecule has 3 atom stereocenters. The van der Waals surface area contributed by atoms with Gasteiger partial charge in [0.1, 0.15) is 0 Å². The molecule has 3 heteroatoms. The summed E-state index contributed by atoms with van der Waals surface area (Å²) in [4.78, 5) is 2.73. The fraction of sp³-hybridized carbons (Fsp3) is 1.00. The van der Waals surface area contributed by atoms with Crippen LogP contribution in [0.1, 0.15) is 39.5 Å². The summed E-state index contributed by atoms with van der Waals surface area (Å²) < 4.78 is 0. The van der Waals surface area contributed by atoms with E-state index in [0.717, 1.165) is 18.1 Å². The Bertz CT molecular complexity index is 194. The van der Waals surface area contributed by atoms with Crippen LogP contribution in [0.3, 0.4) is 0 Å². The minimum absolute atomic E-state index is 0.764. The molecule has 0 spiro atoms. The largest absolute Gasteiger partial charge is 0.312 e. The molecule has 0 aromatic heterocycles. The molecule has 0 bridgehead atoms. The van der Waals surface area contributed by atoms with Gasteiger partial charge in [0.2, 0.25) is 0 Å². The van der Waals surface area contributed by atoms with Crippen molar-refractivity contribution in [1.29, 1.82) is 0 Å². The Labute approximate surface area is 105 Å². The summed E-state index contributed by atoms with van der Waals surface area (Å²) in [5.74, 6) is 2.61. The molecule has 2 fully saturated rings. The lowest BCUT2D eigenvalue weighted by molar-refractivity contribution is 0.0990. The van der Waals surface area contributed by atoms with Crippen LogP contribution in [-0.4, -0.2) is 47.6 Å². The van der Waals surface area contributed by atoms with Gasteiger partial charge in [-0.25, -0.2) is 0 Å². The van der Waals surface area contributed by atoms with E-state index in [1.54, 1.807) is 0 Å². The number of nitrogens with one attached hydrogen (secondary N) is 1. The molecule has 0 aliphatic carbocycles. The smallest absolute Gasteiger partial charge is 0.0170 e. The second-order valence-corrected chi connectivity index (χ2v) is 6.53. The highest BCUT2D eigenvalue weighted by molar-refractivity contribution is 7.99. The van der Waals surface area contributed by atoms with Crippen molar-refractivity contribution in [2.45, 2.75) is 57.7 Å². The molecule has 0 aromatic carbocycles. The maximum atomic E-state index is 3.64. The molecule has 0 radical (unpaired) electrons. The Morgan fingerprint density at radius 2 is 2.00 bits per heavy atom. The molecule has 2 nitrogen and oxygen atoms in total. The molecule has 2 saturated heterocycles. The van der Waals surface area contributed by atoms with Crippen molar-refractivity contribution in [3.63, 3.8) is 0 Å². The topological polar surface area (TPSA) is 15.3 Å². The normalized spacial score (nSPS) is 37.5. The van der Waals surface area contributed by atoms with E-state index in [1.807, 2.05) is 0 Å². The first-order chi connectivity index (χ1) is 7.77. The maximum Gasteiger partial charge on any atom is 0.0170 e. The molecule has 2 aliphatic rings. The third kappa shape index (κ3) is 3.38. The molecule has 2 heterocycles. The summed E-state index contributed by atoms with van der Waals surface area (Å²) in [6, 6.07) is 2.38. The number of hydrogen-bond donors (Lipinski definition) is 1. The number of nitrogens with zero attached hydrogens (tertiary/aromatic N) is 1. The number of rotatable bonds is 3. The van der Waals surface area contributed by atoms with Gasteiger partial charge in [0.25, 0.3) is 0 Å². The van der Waals surface area contributed by atoms with Gasteiger partial charge >= 0.3 is 0 Å². The molecule has 16 heavy (non-hydrogen) atoms. The Kier molecular flexibility index (Phi) is 4.98. The monoisotopic (exact) mass is 242 g/mol. The molecule has 2 rings (SSSR count). The molecule has 2 aliphatic heterocycles. The summed E-state index contributed by atoms with van der Waals surface area (Å²) in [5, 5.41) is 3.64. The summed E-state index contributed by atoms with van der Waals surface area (Å²) in [5.41, 5.74) is 0. The predicted molar refractivity (Wildman–Crippen MR) is 73.2 cm³/mol. The van der Waals surface area contributed by atoms with E-state index in [9.17, 15) is 0 Å². The second kappa shape index (κ2) is 6.27. The predicted octanol–water partition coefficient (Wildman–Crippen LogP) is 2.34. The van der Waals surface area contributed by atoms with E-state index in [4.69, 9.17) is 0 Å². The van der Waals surface area contributed by atoms with Gasteiger partial charge in [-0.15, -0.1) is 0 Å². The van der Waals surface area contributed by atoms with Crippen molar-refractivity contribution in [1.82, 2.24) is 10.2 Å². The minimum atomic E-state index is 0.764. The zero-order chi connectivity index (χ0) is 11.4. The van der Waals surface area contributed by atoms with Crippen LogP contribution in [0.4, 0.5) is 0 Å². The first-order valence-electron chi connectivity index (χ1n) is 6.84. The van der Waals surface area contributed by atoms with Crippen LogP contribution in [0.5, 0.6) is 0 Å². The quantitative estimate of drug-likeness (QED) is 0.818. The lowest BCUT2D eigenvalue weighted by Gasteiger charge is -2.40. The molecule has 0 saturated carbocycles. The SMILES string of the molecule is CC1CCCC(C)N1CCC1CSCCN1. The zero-order valence-electron chi connectivity index (χ0n) is 10.7. The van der Waals surface area contributed by atoms with Crippen LogP contribution in [0.25, 0.3) is 0 Å². The van der Waals surface area contributed by atoms with Crippen molar-refractivity contribution in [2.24, 2.45) is 0 Å². The van der Waals surface area contributed by atoms with Crippen molar-refractivity contribution >= 4 is 11.8 Å². The Morgan fingerprint density at radius 3 is 2.62 bits per heavy atom. The van der Waals surface area contributed by atoms with E-state index >= 15 is 0 Å². The van der Waals surface area contributed by atoms with Crippen LogP contribution in [0, 0.1) is 0 Å². The standard InChI is InChI=1S/C13H26N2S/c1-11-4-3-5-12(2)15(11)8-6-13-10-16-9-7-14-13/h11-14H,3-10H2,1-2H3. The molecule has 0 aromatic rings. The van der Waals surface area contributed by atoms with Gasteiger partial charge in [-0.2, -0.15) is 11.8 Å². The van der Waals surface area contributed by atoms with Gasteiger partial charge in [0.15, 0.2) is 0 Å². The van der Waals surface area contributed by atoms with Crippen molar-refractivity contribution in [3.8, 4) is 0 Å². The van der Waals surface area contributed by atoms with Gasteiger partial charge < -0.3 is 5.32 Å². The van der Waals surface area contributed by atoms with E-state index in [1.165, 1.54) is 50.3 Å². The third-order valence-corrected chi connectivity index (χ3v) is 5.24. The zero-order valence-corrected chi connectivity index (χ0v) is 11.6. The van der Waals surface area contributed by atoms with E-state index in [0.29, 0.717) is 0 Å². The summed E-state index contributed by atoms with van der Waals surface area (Å²) >= 11 is 2.11. The number of piperidine rings is 1. The van der Waals surface area contributed by atoms with Gasteiger partial charge in [0, 0.05) is 42.7 Å². The number of hydrogen-bond acceptors (Lipinski definition) is 3. The van der Waals surface area contributed by atoms with E-state index in [2.05, 4.69) is 35.8 Å². The summed E-state index contributed by atoms with van der Waals surface area (Å²) in [6.45, 7) is 7.30. The first kappa shape index (κ1) is 12.7. The maximum absolute atomic E-state index is 3.64. The third-order valence-electron chi connectivity index (χ3n) is 4.11. The molecule has 94 valence electrons. The Morgan fingerprint density at radius 1 is 1.25 bits per heavy atom. The van der Waals surface area contributed by atoms with E-state index in [-0.39, 0.29) is 0 Å². The highest BCUT2D eigenvalue weighted by Gasteiger charge is 2.25. The van der Waals surface area contributed by atoms with Crippen LogP contribution >= 0.6 is 11.8 Å². The second-order valence-electron chi connectivity index (χ2n) is 5.38. The van der Waals surface area contributed by atoms with Crippen molar-refractivity contribution in [3.05, 3.63) is 0 Å². The van der Waals surface area contributed by atoms with Gasteiger partial charge in [-0.05, 0) is 33.1 Å². The summed E-state index contributed by atoms with van der Waals surface area (Å²) in [7, 11) is 0. The van der Waals surface area contributed by atoms with Crippen LogP contribution in [0.2, 0.25) is 0 Å². The molecule has 1 N–H and O–H groups in total. The van der Waals surface area contributed by atoms with Gasteiger partial charge in [-0.3, -0.25) is 4.90 Å². The Balaban J connectivity index is 1.74. The van der Waals surface area contributed by atoms with Crippen molar-refractivity contribution < 1.29 is 0 Å². The minimum Gasteiger partial charge on any atom is -0.312 e. The average molecular weight is 242 g/mol. The average Bonchev–Trinajstić information content (AvgIpc) is 2.30. The molecular weight excluding hydrogens is 216 g/mol. The fourth-order valence-electron chi connectivity index (χ4n) is 3.03. The van der Waals surface area contributed by atoms with Gasteiger partial charge in [-0.1, -0.05) is 6.42 Å². The van der Waals surface area contributed by atoms with Crippen LogP contribution < -0.4 is 5.32 Å². The molecule has 3 unspecified atom stereocenters. The van der Waals surface area contributed by atoms with Crippen molar-refractivity contribution in [2.75, 3.05) is 24.6 Å². The highest BCUT2D eigenvalue weighted by atomic mass is 32.2. The highest BCUT2D eigenvalue weighted by Crippen LogP contribution is 2.23. The fourth-order valence-corrected chi connectivity index (χ4v) is 4.02. The summed E-state index contributed by atoms with van der Waals surface area (Å²) in [6.07, 6.45) is 5.56. The molecule has 0 amide bonds. The van der Waals surface area contributed by atoms with E-state index < -0.39 is 0 Å². The van der Waals surface area contributed by atoms with Gasteiger partial charge in [0.05, 0.1) is 0 Å². The number of thioether (sulfide) groups is 1.